The maximum absolute atomic E-state index is 9.65. The predicted molar refractivity (Wildman–Crippen MR) is 117 cm³/mol. The van der Waals surface area contributed by atoms with Gasteiger partial charge in [0.1, 0.15) is 5.75 Å². The summed E-state index contributed by atoms with van der Waals surface area (Å²) in [4.78, 5) is 3.25. The van der Waals surface area contributed by atoms with Crippen LogP contribution in [-0.2, 0) is 20.0 Å². The third kappa shape index (κ3) is 7.50. The Bertz CT molecular complexity index is 623. The molecular formula is C23H37OSiTi. The van der Waals surface area contributed by atoms with Gasteiger partial charge in [0.25, 0.3) is 0 Å². The monoisotopic (exact) mass is 405 g/mol. The molecule has 0 saturated carbocycles. The SMILES string of the molecule is CC(C)(C)C1=[C-]CC=C1.Cc1cc(O)cc([Si](C)(C)C(C)(C)C)c1.[CH2]=[Ti+]. The maximum atomic E-state index is 9.65. The number of aryl methyl sites for hydroxylation is 1. The second kappa shape index (κ2) is 10.0. The van der Waals surface area contributed by atoms with Crippen LogP contribution in [0.15, 0.2) is 35.9 Å². The molecule has 26 heavy (non-hydrogen) atoms. The Hall–Kier alpha value is -0.699. The van der Waals surface area contributed by atoms with Crippen molar-refractivity contribution in [3.05, 3.63) is 47.6 Å². The first-order valence-corrected chi connectivity index (χ1v) is 13.3. The van der Waals surface area contributed by atoms with Crippen molar-refractivity contribution < 1.29 is 25.1 Å². The van der Waals surface area contributed by atoms with Crippen molar-refractivity contribution in [2.75, 3.05) is 0 Å². The van der Waals surface area contributed by atoms with Crippen molar-refractivity contribution in [1.29, 1.82) is 0 Å². The van der Waals surface area contributed by atoms with Gasteiger partial charge >= 0.3 is 24.8 Å². The number of allylic oxidation sites excluding steroid dienone is 4. The summed E-state index contributed by atoms with van der Waals surface area (Å²) in [5.74, 6) is 0.398. The first-order chi connectivity index (χ1) is 11.7. The molecule has 0 bridgehead atoms. The Morgan fingerprint density at radius 2 is 1.58 bits per heavy atom. The summed E-state index contributed by atoms with van der Waals surface area (Å²) >= 11 is 1.75. The van der Waals surface area contributed by atoms with E-state index in [1.54, 1.807) is 20.0 Å². The van der Waals surface area contributed by atoms with Crippen LogP contribution in [0.5, 0.6) is 5.75 Å². The molecule has 1 N–H and O–H groups in total. The van der Waals surface area contributed by atoms with Gasteiger partial charge in [-0.25, -0.2) is 11.6 Å². The number of hydrogen-bond donors (Lipinski definition) is 1. The fourth-order valence-corrected chi connectivity index (χ4v) is 4.44. The van der Waals surface area contributed by atoms with E-state index in [1.165, 1.54) is 10.8 Å². The quantitative estimate of drug-likeness (QED) is 0.442. The summed E-state index contributed by atoms with van der Waals surface area (Å²) < 4.78 is 0. The normalized spacial score (nSPS) is 14.0. The molecule has 0 spiro atoms. The van der Waals surface area contributed by atoms with Crippen molar-refractivity contribution in [1.82, 2.24) is 0 Å². The van der Waals surface area contributed by atoms with Crippen LogP contribution >= 0.6 is 0 Å². The molecule has 1 nitrogen and oxygen atoms in total. The molecule has 0 aromatic heterocycles. The van der Waals surface area contributed by atoms with Gasteiger partial charge in [-0.1, -0.05) is 65.9 Å². The number of phenolic OH excluding ortho intramolecular Hbond substituents is 1. The molecule has 1 aliphatic rings. The first-order valence-electron chi connectivity index (χ1n) is 9.19. The first kappa shape index (κ1) is 25.3. The molecule has 1 aromatic carbocycles. The minimum atomic E-state index is -1.50. The van der Waals surface area contributed by atoms with Crippen LogP contribution in [0.25, 0.3) is 0 Å². The molecular weight excluding hydrogens is 368 g/mol. The van der Waals surface area contributed by atoms with E-state index in [-0.39, 0.29) is 0 Å². The van der Waals surface area contributed by atoms with Crippen LogP contribution in [0.2, 0.25) is 18.1 Å². The van der Waals surface area contributed by atoms with E-state index >= 15 is 0 Å². The molecule has 0 atom stereocenters. The molecule has 143 valence electrons. The van der Waals surface area contributed by atoms with Crippen molar-refractivity contribution >= 4 is 18.1 Å². The van der Waals surface area contributed by atoms with Crippen LogP contribution in [0.1, 0.15) is 53.5 Å². The summed E-state index contributed by atoms with van der Waals surface area (Å²) in [6, 6.07) is 5.97. The molecule has 0 heterocycles. The van der Waals surface area contributed by atoms with Crippen molar-refractivity contribution in [2.45, 2.75) is 73.0 Å². The molecule has 3 heteroatoms. The Morgan fingerprint density at radius 3 is 1.88 bits per heavy atom. The molecule has 0 saturated heterocycles. The summed E-state index contributed by atoms with van der Waals surface area (Å²) in [7, 11) is -1.50. The fourth-order valence-electron chi connectivity index (χ4n) is 2.48. The van der Waals surface area contributed by atoms with Crippen molar-refractivity contribution in [2.24, 2.45) is 5.41 Å². The van der Waals surface area contributed by atoms with Crippen LogP contribution in [-0.4, -0.2) is 18.0 Å². The minimum absolute atomic E-state index is 0.299. The van der Waals surface area contributed by atoms with E-state index in [9.17, 15) is 5.11 Å². The van der Waals surface area contributed by atoms with Gasteiger partial charge < -0.3 is 5.11 Å². The third-order valence-corrected chi connectivity index (χ3v) is 10.6. The summed E-state index contributed by atoms with van der Waals surface area (Å²) in [5, 5.41) is 11.3. The molecule has 1 aromatic rings. The summed E-state index contributed by atoms with van der Waals surface area (Å²) in [6.45, 7) is 20.3. The van der Waals surface area contributed by atoms with E-state index in [0.717, 1.165) is 12.0 Å². The van der Waals surface area contributed by atoms with Gasteiger partial charge in [0.15, 0.2) is 0 Å². The van der Waals surface area contributed by atoms with Crippen LogP contribution in [0.4, 0.5) is 0 Å². The number of benzene rings is 1. The molecule has 0 aliphatic heterocycles. The average molecular weight is 406 g/mol. The average Bonchev–Trinajstić information content (AvgIpc) is 3.02. The van der Waals surface area contributed by atoms with Crippen LogP contribution in [0.3, 0.4) is 0 Å². The third-order valence-electron chi connectivity index (χ3n) is 5.16. The number of hydrogen-bond acceptors (Lipinski definition) is 1. The molecule has 0 unspecified atom stereocenters. The van der Waals surface area contributed by atoms with E-state index < -0.39 is 8.07 Å². The van der Waals surface area contributed by atoms with E-state index in [1.807, 2.05) is 19.1 Å². The Labute approximate surface area is 174 Å². The zero-order valence-corrected chi connectivity index (χ0v) is 20.8. The van der Waals surface area contributed by atoms with Gasteiger partial charge in [-0.2, -0.15) is 6.08 Å². The van der Waals surface area contributed by atoms with Crippen LogP contribution < -0.4 is 5.19 Å². The van der Waals surface area contributed by atoms with Crippen molar-refractivity contribution in [3.63, 3.8) is 0 Å². The Balaban J connectivity index is 0.000000484. The van der Waals surface area contributed by atoms with Gasteiger partial charge in [-0.15, -0.1) is 6.42 Å². The zero-order chi connectivity index (χ0) is 20.8. The van der Waals surface area contributed by atoms with Gasteiger partial charge in [-0.3, -0.25) is 6.08 Å². The van der Waals surface area contributed by atoms with E-state index in [2.05, 4.69) is 83.7 Å². The second-order valence-corrected chi connectivity index (χ2v) is 14.7. The van der Waals surface area contributed by atoms with Gasteiger partial charge in [-0.05, 0) is 35.1 Å². The second-order valence-electron chi connectivity index (χ2n) is 9.38. The molecule has 0 amide bonds. The molecule has 2 rings (SSSR count). The predicted octanol–water partition coefficient (Wildman–Crippen LogP) is 6.10. The Morgan fingerprint density at radius 1 is 1.04 bits per heavy atom. The van der Waals surface area contributed by atoms with Gasteiger partial charge in [0.05, 0.1) is 8.07 Å². The van der Waals surface area contributed by atoms with Crippen LogP contribution in [0, 0.1) is 18.4 Å². The Kier molecular flexibility index (Phi) is 9.74. The number of phenols is 1. The number of rotatable bonds is 1. The summed E-state index contributed by atoms with van der Waals surface area (Å²) in [6.07, 6.45) is 8.63. The topological polar surface area (TPSA) is 20.2 Å². The zero-order valence-electron chi connectivity index (χ0n) is 18.2. The molecule has 1 aliphatic carbocycles. The van der Waals surface area contributed by atoms with Gasteiger partial charge in [0.2, 0.25) is 0 Å². The summed E-state index contributed by atoms with van der Waals surface area (Å²) in [5.41, 5.74) is 2.80. The van der Waals surface area contributed by atoms with Crippen molar-refractivity contribution in [3.8, 4) is 5.75 Å². The molecule has 0 fully saturated rings. The van der Waals surface area contributed by atoms with Gasteiger partial charge in [0, 0.05) is 0 Å². The standard InChI is InChI=1S/C13H22OSi.C9H13.CH2.Ti/c1-10-7-11(14)9-12(8-10)15(5,6)13(2,3)4;1-9(2,3)8-6-4-5-7-8;;/h7-9,14H,1-6H3;4,6H,5H2,1-3H3;1H2;/q;-1;;+1. The number of aromatic hydroxyl groups is 1. The fraction of sp³-hybridized carbons (Fsp3) is 0.522. The molecule has 0 radical (unpaired) electrons. The van der Waals surface area contributed by atoms with E-state index in [0.29, 0.717) is 16.2 Å². The van der Waals surface area contributed by atoms with E-state index in [4.69, 9.17) is 0 Å².